The fourth-order valence-corrected chi connectivity index (χ4v) is 2.35. The van der Waals surface area contributed by atoms with Crippen molar-refractivity contribution in [3.05, 3.63) is 0 Å². The zero-order valence-electron chi connectivity index (χ0n) is 8.14. The molecule has 12 heavy (non-hydrogen) atoms. The average Bonchev–Trinajstić information content (AvgIpc) is 2.07. The molecule has 0 aromatic rings. The van der Waals surface area contributed by atoms with Gasteiger partial charge in [0.2, 0.25) is 0 Å². The van der Waals surface area contributed by atoms with E-state index in [1.165, 1.54) is 32.5 Å². The molecular formula is C9H19N3. The minimum Gasteiger partial charge on any atom is -0.287 e. The van der Waals surface area contributed by atoms with Crippen molar-refractivity contribution >= 4 is 0 Å². The summed E-state index contributed by atoms with van der Waals surface area (Å²) < 4.78 is 0. The molecule has 0 radical (unpaired) electrons. The summed E-state index contributed by atoms with van der Waals surface area (Å²) in [5.41, 5.74) is 0. The van der Waals surface area contributed by atoms with E-state index in [9.17, 15) is 0 Å². The third-order valence-corrected chi connectivity index (χ3v) is 3.35. The van der Waals surface area contributed by atoms with Gasteiger partial charge in [0.15, 0.2) is 0 Å². The van der Waals surface area contributed by atoms with Crippen molar-refractivity contribution in [3.8, 4) is 0 Å². The average molecular weight is 169 g/mol. The Kier molecular flexibility index (Phi) is 2.10. The lowest BCUT2D eigenvalue weighted by molar-refractivity contribution is -0.103. The monoisotopic (exact) mass is 169 g/mol. The minimum atomic E-state index is 0.149. The molecule has 2 saturated heterocycles. The number of hydrogen-bond acceptors (Lipinski definition) is 3. The summed E-state index contributed by atoms with van der Waals surface area (Å²) in [6.45, 7) is 7.20. The van der Waals surface area contributed by atoms with E-state index in [0.717, 1.165) is 6.54 Å². The van der Waals surface area contributed by atoms with Gasteiger partial charge in [-0.15, -0.1) is 0 Å². The molecule has 2 heterocycles. The van der Waals surface area contributed by atoms with Crippen molar-refractivity contribution in [2.75, 3.05) is 33.2 Å². The van der Waals surface area contributed by atoms with Gasteiger partial charge in [-0.1, -0.05) is 0 Å². The van der Waals surface area contributed by atoms with Crippen molar-refractivity contribution in [2.45, 2.75) is 25.6 Å². The second-order valence-electron chi connectivity index (χ2n) is 4.06. The predicted octanol–water partition coefficient (Wildman–Crippen LogP) is 0.291. The lowest BCUT2D eigenvalue weighted by Gasteiger charge is -2.53. The Morgan fingerprint density at radius 1 is 1.17 bits per heavy atom. The Balaban J connectivity index is 2.14. The quantitative estimate of drug-likeness (QED) is 0.562. The molecule has 2 rings (SSSR count). The molecule has 2 fully saturated rings. The molecule has 1 N–H and O–H groups in total. The van der Waals surface area contributed by atoms with Crippen LogP contribution >= 0.6 is 0 Å². The zero-order chi connectivity index (χ0) is 8.60. The van der Waals surface area contributed by atoms with E-state index in [0.29, 0.717) is 0 Å². The highest BCUT2D eigenvalue weighted by Gasteiger charge is 2.39. The largest absolute Gasteiger partial charge is 0.287 e. The Morgan fingerprint density at radius 3 is 2.67 bits per heavy atom. The van der Waals surface area contributed by atoms with E-state index in [4.69, 9.17) is 0 Å². The summed E-state index contributed by atoms with van der Waals surface area (Å²) in [5, 5.41) is 3.60. The molecule has 3 nitrogen and oxygen atoms in total. The summed E-state index contributed by atoms with van der Waals surface area (Å²) in [6.07, 6.45) is 2.61. The highest BCUT2D eigenvalue weighted by Crippen LogP contribution is 2.23. The molecule has 2 aliphatic rings. The van der Waals surface area contributed by atoms with Crippen LogP contribution in [0.5, 0.6) is 0 Å². The minimum absolute atomic E-state index is 0.149. The highest BCUT2D eigenvalue weighted by atomic mass is 15.5. The second-order valence-corrected chi connectivity index (χ2v) is 4.06. The van der Waals surface area contributed by atoms with Crippen LogP contribution in [-0.4, -0.2) is 48.8 Å². The predicted molar refractivity (Wildman–Crippen MR) is 49.8 cm³/mol. The van der Waals surface area contributed by atoms with Gasteiger partial charge in [0.25, 0.3) is 0 Å². The van der Waals surface area contributed by atoms with E-state index in [2.05, 4.69) is 29.1 Å². The van der Waals surface area contributed by atoms with Crippen LogP contribution in [-0.2, 0) is 0 Å². The molecule has 0 aliphatic carbocycles. The maximum absolute atomic E-state index is 3.60. The van der Waals surface area contributed by atoms with Crippen LogP contribution in [0.4, 0.5) is 0 Å². The van der Waals surface area contributed by atoms with Crippen molar-refractivity contribution in [2.24, 2.45) is 0 Å². The standard InChI is InChI=1S/C9H19N3/c1-9-10-5-3-7-12(9)8-4-6-11(9)2/h10H,3-8H2,1-2H3. The molecule has 70 valence electrons. The van der Waals surface area contributed by atoms with Crippen LogP contribution in [0.3, 0.4) is 0 Å². The smallest absolute Gasteiger partial charge is 0.125 e. The molecule has 0 spiro atoms. The van der Waals surface area contributed by atoms with Crippen molar-refractivity contribution in [1.82, 2.24) is 15.1 Å². The van der Waals surface area contributed by atoms with E-state index in [1.54, 1.807) is 0 Å². The molecule has 1 unspecified atom stereocenters. The van der Waals surface area contributed by atoms with Crippen LogP contribution in [0.15, 0.2) is 0 Å². The topological polar surface area (TPSA) is 18.5 Å². The van der Waals surface area contributed by atoms with E-state index >= 15 is 0 Å². The lowest BCUT2D eigenvalue weighted by atomic mass is 10.1. The van der Waals surface area contributed by atoms with Gasteiger partial charge in [-0.25, -0.2) is 0 Å². The van der Waals surface area contributed by atoms with E-state index in [-0.39, 0.29) is 5.79 Å². The molecule has 0 aromatic heterocycles. The SMILES string of the molecule is CN1CCCN2CCCNC12C. The molecule has 1 atom stereocenters. The molecular weight excluding hydrogens is 150 g/mol. The van der Waals surface area contributed by atoms with E-state index < -0.39 is 0 Å². The van der Waals surface area contributed by atoms with Gasteiger partial charge in [-0.05, 0) is 33.4 Å². The zero-order valence-corrected chi connectivity index (χ0v) is 8.14. The first-order valence-corrected chi connectivity index (χ1v) is 4.95. The summed E-state index contributed by atoms with van der Waals surface area (Å²) >= 11 is 0. The molecule has 0 amide bonds. The Morgan fingerprint density at radius 2 is 1.92 bits per heavy atom. The maximum Gasteiger partial charge on any atom is 0.125 e. The van der Waals surface area contributed by atoms with Crippen LogP contribution < -0.4 is 5.32 Å². The first kappa shape index (κ1) is 8.48. The molecule has 0 bridgehead atoms. The third-order valence-electron chi connectivity index (χ3n) is 3.35. The molecule has 3 heteroatoms. The summed E-state index contributed by atoms with van der Waals surface area (Å²) in [4.78, 5) is 4.98. The van der Waals surface area contributed by atoms with Crippen molar-refractivity contribution < 1.29 is 0 Å². The number of rotatable bonds is 0. The normalized spacial score (nSPS) is 39.5. The summed E-state index contributed by atoms with van der Waals surface area (Å²) in [5.74, 6) is 0.149. The van der Waals surface area contributed by atoms with Crippen molar-refractivity contribution in [3.63, 3.8) is 0 Å². The summed E-state index contributed by atoms with van der Waals surface area (Å²) in [7, 11) is 2.21. The maximum atomic E-state index is 3.60. The Hall–Kier alpha value is -0.120. The van der Waals surface area contributed by atoms with Gasteiger partial charge in [-0.2, -0.15) is 0 Å². The summed E-state index contributed by atoms with van der Waals surface area (Å²) in [6, 6.07) is 0. The number of hydrogen-bond donors (Lipinski definition) is 1. The highest BCUT2D eigenvalue weighted by molar-refractivity contribution is 4.89. The molecule has 0 saturated carbocycles. The Labute approximate surface area is 74.7 Å². The molecule has 2 aliphatic heterocycles. The van der Waals surface area contributed by atoms with Gasteiger partial charge in [0, 0.05) is 19.6 Å². The van der Waals surface area contributed by atoms with Crippen LogP contribution in [0.2, 0.25) is 0 Å². The lowest BCUT2D eigenvalue weighted by Crippen LogP contribution is -2.71. The first-order valence-electron chi connectivity index (χ1n) is 4.95. The number of nitrogens with one attached hydrogen (secondary N) is 1. The molecule has 0 aromatic carbocycles. The van der Waals surface area contributed by atoms with Gasteiger partial charge >= 0.3 is 0 Å². The second kappa shape index (κ2) is 2.98. The van der Waals surface area contributed by atoms with Gasteiger partial charge in [-0.3, -0.25) is 15.1 Å². The van der Waals surface area contributed by atoms with Crippen LogP contribution in [0, 0.1) is 0 Å². The fraction of sp³-hybridized carbons (Fsp3) is 1.00. The Bertz CT molecular complexity index is 169. The van der Waals surface area contributed by atoms with Crippen LogP contribution in [0.1, 0.15) is 19.8 Å². The van der Waals surface area contributed by atoms with Gasteiger partial charge in [0.1, 0.15) is 5.79 Å². The number of nitrogens with zero attached hydrogens (tertiary/aromatic N) is 2. The van der Waals surface area contributed by atoms with E-state index in [1.807, 2.05) is 0 Å². The van der Waals surface area contributed by atoms with Gasteiger partial charge < -0.3 is 0 Å². The third kappa shape index (κ3) is 1.16. The van der Waals surface area contributed by atoms with Crippen LogP contribution in [0.25, 0.3) is 0 Å². The fourth-order valence-electron chi connectivity index (χ4n) is 2.35. The van der Waals surface area contributed by atoms with Gasteiger partial charge in [0.05, 0.1) is 0 Å². The number of fused-ring (bicyclic) bond motifs is 1. The van der Waals surface area contributed by atoms with Crippen molar-refractivity contribution in [1.29, 1.82) is 0 Å². The first-order chi connectivity index (χ1) is 5.73.